The van der Waals surface area contributed by atoms with E-state index in [-0.39, 0.29) is 5.84 Å². The van der Waals surface area contributed by atoms with Gasteiger partial charge in [0.1, 0.15) is 5.84 Å². The summed E-state index contributed by atoms with van der Waals surface area (Å²) in [6.45, 7) is -1.72. The number of nitrogens with two attached hydrogens (primary N) is 1. The van der Waals surface area contributed by atoms with Crippen LogP contribution in [0.5, 0.6) is 0 Å². The maximum atomic E-state index is 7.60. The molecule has 0 atom stereocenters. The summed E-state index contributed by atoms with van der Waals surface area (Å²) in [6.07, 6.45) is 6.78. The number of amidine groups is 1. The summed E-state index contributed by atoms with van der Waals surface area (Å²) >= 11 is 0. The van der Waals surface area contributed by atoms with Crippen molar-refractivity contribution in [1.82, 2.24) is 5.32 Å². The molecule has 0 aromatic heterocycles. The number of hydrogen-bond acceptors (Lipinski definition) is 3. The van der Waals surface area contributed by atoms with E-state index in [4.69, 9.17) is 8.48 Å². The van der Waals surface area contributed by atoms with E-state index >= 15 is 0 Å². The van der Waals surface area contributed by atoms with E-state index in [2.05, 4.69) is 10.3 Å². The molecule has 0 aromatic carbocycles. The van der Waals surface area contributed by atoms with Gasteiger partial charge in [0.15, 0.2) is 0 Å². The molecule has 0 saturated carbocycles. The molecule has 2 rings (SSSR count). The standard InChI is InChI=1S/C8H9N3/c9-8-4-7-6(5-11-8)2-1-3-10-7/h1-4,10H,5H2,(H2,9,11)/i5D2. The molecule has 2 aliphatic rings. The molecular weight excluding hydrogens is 138 g/mol. The Labute approximate surface area is 67.8 Å². The number of nitrogens with one attached hydrogen (secondary N) is 1. The molecule has 0 amide bonds. The molecule has 2 aliphatic heterocycles. The van der Waals surface area contributed by atoms with Crippen LogP contribution >= 0.6 is 0 Å². The topological polar surface area (TPSA) is 50.4 Å². The van der Waals surface area contributed by atoms with Crippen LogP contribution in [-0.2, 0) is 0 Å². The van der Waals surface area contributed by atoms with Gasteiger partial charge in [-0.15, -0.1) is 0 Å². The van der Waals surface area contributed by atoms with Gasteiger partial charge in [0.2, 0.25) is 0 Å². The van der Waals surface area contributed by atoms with Crippen molar-refractivity contribution < 1.29 is 2.74 Å². The molecular formula is C8H9N3. The Kier molecular flexibility index (Phi) is 0.904. The number of hydrogen-bond donors (Lipinski definition) is 2. The molecule has 0 aromatic rings. The molecule has 3 nitrogen and oxygen atoms in total. The molecule has 2 heterocycles. The third-order valence-corrected chi connectivity index (χ3v) is 1.49. The summed E-state index contributed by atoms with van der Waals surface area (Å²) < 4.78 is 15.2. The molecule has 3 N–H and O–H groups in total. The summed E-state index contributed by atoms with van der Waals surface area (Å²) in [5.74, 6) is 0.208. The van der Waals surface area contributed by atoms with Crippen LogP contribution < -0.4 is 11.1 Å². The fourth-order valence-corrected chi connectivity index (χ4v) is 0.972. The number of allylic oxidation sites excluding steroid dienone is 2. The normalized spacial score (nSPS) is 28.2. The largest absolute Gasteiger partial charge is 0.384 e. The van der Waals surface area contributed by atoms with Gasteiger partial charge in [-0.1, -0.05) is 6.08 Å². The third kappa shape index (κ3) is 1.05. The quantitative estimate of drug-likeness (QED) is 0.520. The predicted molar refractivity (Wildman–Crippen MR) is 44.9 cm³/mol. The molecule has 0 aliphatic carbocycles. The lowest BCUT2D eigenvalue weighted by Gasteiger charge is -2.16. The highest BCUT2D eigenvalue weighted by Gasteiger charge is 2.09. The highest BCUT2D eigenvalue weighted by Crippen LogP contribution is 2.14. The highest BCUT2D eigenvalue weighted by atomic mass is 14.9. The molecule has 0 saturated heterocycles. The molecule has 0 unspecified atom stereocenters. The van der Waals surface area contributed by atoms with Crippen molar-refractivity contribution in [2.24, 2.45) is 10.7 Å². The van der Waals surface area contributed by atoms with Crippen molar-refractivity contribution in [3.05, 3.63) is 35.7 Å². The van der Waals surface area contributed by atoms with Crippen molar-refractivity contribution in [2.45, 2.75) is 0 Å². The van der Waals surface area contributed by atoms with E-state index in [9.17, 15) is 0 Å². The van der Waals surface area contributed by atoms with Crippen LogP contribution in [0.4, 0.5) is 0 Å². The van der Waals surface area contributed by atoms with Crippen molar-refractivity contribution in [2.75, 3.05) is 6.50 Å². The Balaban J connectivity index is 2.51. The fraction of sp³-hybridized carbons (Fsp3) is 0.125. The van der Waals surface area contributed by atoms with Crippen molar-refractivity contribution >= 4 is 5.84 Å². The summed E-state index contributed by atoms with van der Waals surface area (Å²) in [6, 6.07) is 0. The number of dihydropyridines is 2. The first kappa shape index (κ1) is 4.38. The van der Waals surface area contributed by atoms with Gasteiger partial charge in [-0.05, 0) is 11.6 Å². The van der Waals surface area contributed by atoms with Crippen LogP contribution in [0, 0.1) is 0 Å². The molecule has 0 radical (unpaired) electrons. The van der Waals surface area contributed by atoms with E-state index < -0.39 is 6.50 Å². The molecule has 11 heavy (non-hydrogen) atoms. The Bertz CT molecular complexity index is 364. The summed E-state index contributed by atoms with van der Waals surface area (Å²) in [7, 11) is 0. The van der Waals surface area contributed by atoms with E-state index in [1.165, 1.54) is 0 Å². The predicted octanol–water partition coefficient (Wildman–Crippen LogP) is 0.284. The van der Waals surface area contributed by atoms with Gasteiger partial charge in [-0.3, -0.25) is 4.99 Å². The zero-order chi connectivity index (χ0) is 9.47. The van der Waals surface area contributed by atoms with E-state index in [1.807, 2.05) is 0 Å². The maximum absolute atomic E-state index is 7.60. The van der Waals surface area contributed by atoms with Gasteiger partial charge in [0.05, 0.1) is 9.24 Å². The van der Waals surface area contributed by atoms with Crippen molar-refractivity contribution in [1.29, 1.82) is 0 Å². The molecule has 0 spiro atoms. The second-order valence-corrected chi connectivity index (χ2v) is 2.29. The van der Waals surface area contributed by atoms with E-state index in [1.54, 1.807) is 24.4 Å². The average molecular weight is 149 g/mol. The second kappa shape index (κ2) is 2.27. The summed E-state index contributed by atoms with van der Waals surface area (Å²) in [4.78, 5) is 3.71. The highest BCUT2D eigenvalue weighted by molar-refractivity contribution is 5.94. The minimum absolute atomic E-state index is 0.208. The lowest BCUT2D eigenvalue weighted by molar-refractivity contribution is 0.985. The minimum atomic E-state index is -1.72. The SMILES string of the molecule is [2H]C1([2H])N=C(N)C=C2NC=CC=C21. The van der Waals surface area contributed by atoms with Gasteiger partial charge >= 0.3 is 0 Å². The molecule has 0 bridgehead atoms. The monoisotopic (exact) mass is 149 g/mol. The first-order valence-corrected chi connectivity index (χ1v) is 3.31. The second-order valence-electron chi connectivity index (χ2n) is 2.29. The van der Waals surface area contributed by atoms with Gasteiger partial charge in [-0.25, -0.2) is 0 Å². The molecule has 0 fully saturated rings. The van der Waals surface area contributed by atoms with Crippen LogP contribution in [-0.4, -0.2) is 12.3 Å². The number of rotatable bonds is 0. The van der Waals surface area contributed by atoms with Crippen LogP contribution in [0.3, 0.4) is 0 Å². The van der Waals surface area contributed by atoms with Gasteiger partial charge in [0, 0.05) is 18.0 Å². The van der Waals surface area contributed by atoms with E-state index in [0.29, 0.717) is 11.3 Å². The lowest BCUT2D eigenvalue weighted by Crippen LogP contribution is -2.22. The number of nitrogens with zero attached hydrogens (tertiary/aromatic N) is 1. The zero-order valence-corrected chi connectivity index (χ0v) is 5.83. The smallest absolute Gasteiger partial charge is 0.120 e. The fourth-order valence-electron chi connectivity index (χ4n) is 0.972. The zero-order valence-electron chi connectivity index (χ0n) is 7.83. The average Bonchev–Trinajstić information content (AvgIpc) is 2.02. The summed E-state index contributed by atoms with van der Waals surface area (Å²) in [5.41, 5.74) is 6.66. The number of aliphatic imine (C=N–C) groups is 1. The Morgan fingerprint density at radius 3 is 3.55 bits per heavy atom. The van der Waals surface area contributed by atoms with Crippen LogP contribution in [0.2, 0.25) is 0 Å². The van der Waals surface area contributed by atoms with Crippen LogP contribution in [0.15, 0.2) is 40.7 Å². The van der Waals surface area contributed by atoms with Gasteiger partial charge in [-0.2, -0.15) is 0 Å². The Morgan fingerprint density at radius 2 is 2.64 bits per heavy atom. The lowest BCUT2D eigenvalue weighted by atomic mass is 10.1. The first-order valence-electron chi connectivity index (χ1n) is 4.31. The van der Waals surface area contributed by atoms with Crippen LogP contribution in [0.1, 0.15) is 2.74 Å². The van der Waals surface area contributed by atoms with E-state index in [0.717, 1.165) is 0 Å². The summed E-state index contributed by atoms with van der Waals surface area (Å²) in [5, 5.41) is 2.92. The first-order chi connectivity index (χ1) is 6.09. The van der Waals surface area contributed by atoms with Crippen molar-refractivity contribution in [3.63, 3.8) is 0 Å². The Morgan fingerprint density at radius 1 is 1.73 bits per heavy atom. The molecule has 3 heteroatoms. The molecule has 56 valence electrons. The van der Waals surface area contributed by atoms with Gasteiger partial charge < -0.3 is 11.1 Å². The maximum Gasteiger partial charge on any atom is 0.120 e. The number of fused-ring (bicyclic) bond motifs is 1. The third-order valence-electron chi connectivity index (χ3n) is 1.49. The Hall–Kier alpha value is -1.51. The van der Waals surface area contributed by atoms with Gasteiger partial charge in [0.25, 0.3) is 0 Å². The minimum Gasteiger partial charge on any atom is -0.384 e. The van der Waals surface area contributed by atoms with Crippen LogP contribution in [0.25, 0.3) is 0 Å². The van der Waals surface area contributed by atoms with Crippen molar-refractivity contribution in [3.8, 4) is 0 Å².